The summed E-state index contributed by atoms with van der Waals surface area (Å²) in [6.07, 6.45) is 1.33. The number of rotatable bonds is 10. The van der Waals surface area contributed by atoms with Crippen molar-refractivity contribution in [2.24, 2.45) is 0 Å². The number of halogens is 2. The number of nitrogens with zero attached hydrogens (tertiary/aromatic N) is 2. The van der Waals surface area contributed by atoms with E-state index in [1.165, 1.54) is 4.90 Å². The second-order valence-electron chi connectivity index (χ2n) is 10.3. The molecule has 0 saturated carbocycles. The minimum atomic E-state index is -3.82. The van der Waals surface area contributed by atoms with Crippen LogP contribution in [0.1, 0.15) is 31.9 Å². The van der Waals surface area contributed by atoms with Gasteiger partial charge in [0.15, 0.2) is 0 Å². The number of anilines is 1. The highest BCUT2D eigenvalue weighted by Crippen LogP contribution is 2.24. The van der Waals surface area contributed by atoms with E-state index in [4.69, 9.17) is 0 Å². The Hall–Kier alpha value is -2.69. The van der Waals surface area contributed by atoms with E-state index >= 15 is 0 Å². The zero-order chi connectivity index (χ0) is 28.8. The van der Waals surface area contributed by atoms with Gasteiger partial charge < -0.3 is 10.2 Å². The van der Waals surface area contributed by atoms with E-state index in [-0.39, 0.29) is 18.9 Å². The molecule has 0 radical (unpaired) electrons. The van der Waals surface area contributed by atoms with Crippen molar-refractivity contribution in [3.05, 3.63) is 98.9 Å². The smallest absolute Gasteiger partial charge is 0.244 e. The van der Waals surface area contributed by atoms with Crippen molar-refractivity contribution >= 4 is 59.4 Å². The normalized spacial score (nSPS) is 12.5. The van der Waals surface area contributed by atoms with E-state index in [9.17, 15) is 18.0 Å². The Bertz CT molecular complexity index is 1390. The van der Waals surface area contributed by atoms with Crippen LogP contribution in [0.25, 0.3) is 0 Å². The lowest BCUT2D eigenvalue weighted by molar-refractivity contribution is -0.140. The fourth-order valence-electron chi connectivity index (χ4n) is 4.04. The molecule has 0 fully saturated rings. The van der Waals surface area contributed by atoms with Crippen LogP contribution in [0.15, 0.2) is 87.8 Å². The van der Waals surface area contributed by atoms with Crippen molar-refractivity contribution < 1.29 is 18.0 Å². The second-order valence-corrected chi connectivity index (χ2v) is 14.1. The molecule has 3 aromatic carbocycles. The third kappa shape index (κ3) is 9.47. The Labute approximate surface area is 247 Å². The van der Waals surface area contributed by atoms with Crippen LogP contribution in [0, 0.1) is 0 Å². The van der Waals surface area contributed by atoms with Crippen molar-refractivity contribution in [1.29, 1.82) is 0 Å². The Morgan fingerprint density at radius 3 is 2.08 bits per heavy atom. The maximum absolute atomic E-state index is 14.1. The third-order valence-corrected chi connectivity index (χ3v) is 7.97. The number of carbonyl (C=O) groups excluding carboxylic acids is 2. The van der Waals surface area contributed by atoms with E-state index in [0.717, 1.165) is 26.2 Å². The highest BCUT2D eigenvalue weighted by atomic mass is 79.9. The maximum atomic E-state index is 14.1. The van der Waals surface area contributed by atoms with E-state index in [2.05, 4.69) is 37.2 Å². The Balaban J connectivity index is 2.07. The van der Waals surface area contributed by atoms with Gasteiger partial charge in [0.1, 0.15) is 12.6 Å². The molecule has 0 heterocycles. The molecule has 7 nitrogen and oxygen atoms in total. The van der Waals surface area contributed by atoms with Crippen LogP contribution >= 0.6 is 31.9 Å². The van der Waals surface area contributed by atoms with Gasteiger partial charge in [0, 0.05) is 27.4 Å². The van der Waals surface area contributed by atoms with Gasteiger partial charge in [-0.2, -0.15) is 0 Å². The molecular weight excluding hydrogens is 646 g/mol. The quantitative estimate of drug-likeness (QED) is 0.306. The zero-order valence-electron chi connectivity index (χ0n) is 22.4. The van der Waals surface area contributed by atoms with Crippen molar-refractivity contribution in [2.45, 2.75) is 45.3 Å². The van der Waals surface area contributed by atoms with Gasteiger partial charge in [-0.3, -0.25) is 13.9 Å². The van der Waals surface area contributed by atoms with Gasteiger partial charge in [-0.05, 0) is 62.2 Å². The van der Waals surface area contributed by atoms with E-state index in [1.54, 1.807) is 24.3 Å². The highest BCUT2D eigenvalue weighted by Gasteiger charge is 2.34. The lowest BCUT2D eigenvalue weighted by atomic mass is 10.0. The minimum absolute atomic E-state index is 0.122. The van der Waals surface area contributed by atoms with Crippen molar-refractivity contribution in [2.75, 3.05) is 17.1 Å². The average molecular weight is 679 g/mol. The van der Waals surface area contributed by atoms with Crippen LogP contribution in [0.3, 0.4) is 0 Å². The lowest BCUT2D eigenvalue weighted by Crippen LogP contribution is -2.56. The molecule has 0 unspecified atom stereocenters. The molecular formula is C29H33Br2N3O4S. The Kier molecular flexibility index (Phi) is 10.4. The number of sulfonamides is 1. The molecule has 0 spiro atoms. The van der Waals surface area contributed by atoms with Crippen LogP contribution in [0.4, 0.5) is 5.69 Å². The van der Waals surface area contributed by atoms with Gasteiger partial charge in [-0.1, -0.05) is 80.4 Å². The number of hydrogen-bond acceptors (Lipinski definition) is 4. The van der Waals surface area contributed by atoms with Gasteiger partial charge in [0.25, 0.3) is 0 Å². The van der Waals surface area contributed by atoms with Gasteiger partial charge in [0.2, 0.25) is 21.8 Å². The van der Waals surface area contributed by atoms with Gasteiger partial charge in [-0.25, -0.2) is 8.42 Å². The largest absolute Gasteiger partial charge is 0.350 e. The molecule has 2 amide bonds. The molecule has 0 aliphatic heterocycles. The van der Waals surface area contributed by atoms with Crippen LogP contribution in [-0.2, 0) is 32.6 Å². The summed E-state index contributed by atoms with van der Waals surface area (Å²) in [6, 6.07) is 22.8. The molecule has 3 rings (SSSR count). The summed E-state index contributed by atoms with van der Waals surface area (Å²) < 4.78 is 28.3. The Morgan fingerprint density at radius 1 is 0.872 bits per heavy atom. The molecule has 208 valence electrons. The van der Waals surface area contributed by atoms with Gasteiger partial charge in [0.05, 0.1) is 11.9 Å². The molecule has 0 aromatic heterocycles. The first-order valence-electron chi connectivity index (χ1n) is 12.4. The molecule has 3 aromatic rings. The number of amides is 2. The number of benzene rings is 3. The minimum Gasteiger partial charge on any atom is -0.350 e. The lowest BCUT2D eigenvalue weighted by Gasteiger charge is -2.35. The molecule has 0 aliphatic rings. The van der Waals surface area contributed by atoms with Crippen LogP contribution in [-0.4, -0.2) is 49.5 Å². The first-order chi connectivity index (χ1) is 18.2. The fourth-order valence-corrected chi connectivity index (χ4v) is 5.53. The average Bonchev–Trinajstić information content (AvgIpc) is 2.84. The molecule has 0 aliphatic carbocycles. The number of hydrogen-bond donors (Lipinski definition) is 1. The monoisotopic (exact) mass is 677 g/mol. The zero-order valence-corrected chi connectivity index (χ0v) is 26.4. The standard InChI is InChI=1S/C29H33Br2N3O4S/c1-29(2,3)32-28(36)26(17-21-9-6-5-7-10-21)33(19-22-13-15-23(30)16-14-22)27(35)20-34(39(4,37)38)25-12-8-11-24(31)18-25/h5-16,18,26H,17,19-20H2,1-4H3,(H,32,36)/t26-/m0/s1. The fraction of sp³-hybridized carbons (Fsp3) is 0.310. The Morgan fingerprint density at radius 2 is 1.51 bits per heavy atom. The van der Waals surface area contributed by atoms with Crippen molar-refractivity contribution in [3.63, 3.8) is 0 Å². The summed E-state index contributed by atoms with van der Waals surface area (Å²) in [5.74, 6) is -0.807. The van der Waals surface area contributed by atoms with E-state index < -0.39 is 34.1 Å². The predicted octanol–water partition coefficient (Wildman–Crippen LogP) is 5.53. The molecule has 0 bridgehead atoms. The molecule has 10 heteroatoms. The predicted molar refractivity (Wildman–Crippen MR) is 163 cm³/mol. The molecule has 0 saturated heterocycles. The summed E-state index contributed by atoms with van der Waals surface area (Å²) in [5.41, 5.74) is 1.50. The van der Waals surface area contributed by atoms with Crippen LogP contribution < -0.4 is 9.62 Å². The highest BCUT2D eigenvalue weighted by molar-refractivity contribution is 9.10. The number of carbonyl (C=O) groups is 2. The first kappa shape index (κ1) is 30.8. The van der Waals surface area contributed by atoms with Crippen LogP contribution in [0.5, 0.6) is 0 Å². The molecule has 1 atom stereocenters. The van der Waals surface area contributed by atoms with Gasteiger partial charge >= 0.3 is 0 Å². The summed E-state index contributed by atoms with van der Waals surface area (Å²) in [4.78, 5) is 29.2. The van der Waals surface area contributed by atoms with Gasteiger partial charge in [-0.15, -0.1) is 0 Å². The summed E-state index contributed by atoms with van der Waals surface area (Å²) >= 11 is 6.81. The first-order valence-corrected chi connectivity index (χ1v) is 15.8. The van der Waals surface area contributed by atoms with Crippen molar-refractivity contribution in [3.8, 4) is 0 Å². The summed E-state index contributed by atoms with van der Waals surface area (Å²) in [6.45, 7) is 5.30. The molecule has 39 heavy (non-hydrogen) atoms. The summed E-state index contributed by atoms with van der Waals surface area (Å²) in [7, 11) is -3.82. The second kappa shape index (κ2) is 13.1. The SMILES string of the molecule is CC(C)(C)NC(=O)[C@H](Cc1ccccc1)N(Cc1ccc(Br)cc1)C(=O)CN(c1cccc(Br)c1)S(C)(=O)=O. The third-order valence-electron chi connectivity index (χ3n) is 5.81. The maximum Gasteiger partial charge on any atom is 0.244 e. The molecule has 1 N–H and O–H groups in total. The number of nitrogens with one attached hydrogen (secondary N) is 1. The summed E-state index contributed by atoms with van der Waals surface area (Å²) in [5, 5.41) is 3.01. The van der Waals surface area contributed by atoms with E-state index in [1.807, 2.05) is 75.4 Å². The topological polar surface area (TPSA) is 86.8 Å². The van der Waals surface area contributed by atoms with Crippen molar-refractivity contribution in [1.82, 2.24) is 10.2 Å². The van der Waals surface area contributed by atoms with E-state index in [0.29, 0.717) is 10.2 Å². The van der Waals surface area contributed by atoms with Crippen LogP contribution in [0.2, 0.25) is 0 Å².